The van der Waals surface area contributed by atoms with E-state index in [2.05, 4.69) is 41.5 Å². The monoisotopic (exact) mass is 279 g/mol. The van der Waals surface area contributed by atoms with Gasteiger partial charge in [0.15, 0.2) is 5.82 Å². The molecule has 1 fully saturated rings. The fraction of sp³-hybridized carbons (Fsp3) is 0.933. The van der Waals surface area contributed by atoms with Gasteiger partial charge < -0.3 is 5.32 Å². The lowest BCUT2D eigenvalue weighted by Gasteiger charge is -2.29. The van der Waals surface area contributed by atoms with Crippen LogP contribution in [0.1, 0.15) is 58.7 Å². The van der Waals surface area contributed by atoms with E-state index in [9.17, 15) is 0 Å². The first-order valence-corrected chi connectivity index (χ1v) is 7.92. The lowest BCUT2D eigenvalue weighted by atomic mass is 9.84. The van der Waals surface area contributed by atoms with Crippen LogP contribution >= 0.6 is 0 Å². The number of hydrogen-bond donors (Lipinski definition) is 1. The summed E-state index contributed by atoms with van der Waals surface area (Å²) in [6.45, 7) is 7.82. The molecule has 0 aliphatic heterocycles. The third-order valence-electron chi connectivity index (χ3n) is 4.21. The number of nitrogens with zero attached hydrogens (tertiary/aromatic N) is 4. The van der Waals surface area contributed by atoms with E-state index in [1.165, 1.54) is 32.1 Å². The van der Waals surface area contributed by atoms with Crippen molar-refractivity contribution in [1.82, 2.24) is 25.5 Å². The van der Waals surface area contributed by atoms with E-state index < -0.39 is 0 Å². The number of nitrogens with one attached hydrogen (secondary N) is 1. The number of aromatic nitrogens is 4. The van der Waals surface area contributed by atoms with E-state index in [0.29, 0.717) is 5.92 Å². The maximum atomic E-state index is 4.35. The summed E-state index contributed by atoms with van der Waals surface area (Å²) in [4.78, 5) is 1.56. The normalized spacial score (nSPS) is 24.6. The Morgan fingerprint density at radius 1 is 1.15 bits per heavy atom. The summed E-state index contributed by atoms with van der Waals surface area (Å²) in [7, 11) is 1.84. The topological polar surface area (TPSA) is 55.6 Å². The zero-order valence-electron chi connectivity index (χ0n) is 13.4. The molecule has 1 N–H and O–H groups in total. The van der Waals surface area contributed by atoms with Gasteiger partial charge in [-0.2, -0.15) is 4.80 Å². The Balaban J connectivity index is 1.97. The highest BCUT2D eigenvalue weighted by molar-refractivity contribution is 4.87. The maximum absolute atomic E-state index is 4.35. The molecular weight excluding hydrogens is 250 g/mol. The van der Waals surface area contributed by atoms with Crippen LogP contribution in [0.2, 0.25) is 0 Å². The Labute approximate surface area is 122 Å². The van der Waals surface area contributed by atoms with Crippen LogP contribution in [0.25, 0.3) is 0 Å². The van der Waals surface area contributed by atoms with Crippen LogP contribution in [-0.2, 0) is 13.5 Å². The van der Waals surface area contributed by atoms with Gasteiger partial charge in [0.25, 0.3) is 0 Å². The summed E-state index contributed by atoms with van der Waals surface area (Å²) in [5, 5.41) is 16.2. The third-order valence-corrected chi connectivity index (χ3v) is 4.21. The number of aryl methyl sites for hydroxylation is 1. The van der Waals surface area contributed by atoms with Gasteiger partial charge in [0.1, 0.15) is 0 Å². The van der Waals surface area contributed by atoms with Crippen molar-refractivity contribution < 1.29 is 0 Å². The third kappa shape index (κ3) is 4.85. The van der Waals surface area contributed by atoms with Gasteiger partial charge >= 0.3 is 0 Å². The van der Waals surface area contributed by atoms with Gasteiger partial charge in [0, 0.05) is 12.0 Å². The van der Waals surface area contributed by atoms with E-state index in [0.717, 1.165) is 24.7 Å². The van der Waals surface area contributed by atoms with Gasteiger partial charge in [-0.1, -0.05) is 19.3 Å². The van der Waals surface area contributed by atoms with Crippen molar-refractivity contribution in [2.75, 3.05) is 6.54 Å². The summed E-state index contributed by atoms with van der Waals surface area (Å²) in [5.74, 6) is 2.33. The van der Waals surface area contributed by atoms with Crippen molar-refractivity contribution in [3.8, 4) is 0 Å². The molecule has 114 valence electrons. The van der Waals surface area contributed by atoms with Crippen LogP contribution < -0.4 is 5.32 Å². The van der Waals surface area contributed by atoms with Crippen LogP contribution in [0.15, 0.2) is 0 Å². The molecule has 0 spiro atoms. The van der Waals surface area contributed by atoms with Crippen molar-refractivity contribution >= 4 is 0 Å². The fourth-order valence-corrected chi connectivity index (χ4v) is 3.08. The molecule has 1 aliphatic carbocycles. The highest BCUT2D eigenvalue weighted by atomic mass is 15.6. The highest BCUT2D eigenvalue weighted by Gasteiger charge is 2.26. The van der Waals surface area contributed by atoms with Crippen molar-refractivity contribution in [2.24, 2.45) is 18.9 Å². The first-order valence-electron chi connectivity index (χ1n) is 7.92. The van der Waals surface area contributed by atoms with Crippen molar-refractivity contribution in [1.29, 1.82) is 0 Å². The SMILES string of the molecule is Cn1nnc(CC2CCCCCC2CNC(C)(C)C)n1. The number of tetrazole rings is 1. The predicted octanol–water partition coefficient (Wildman–Crippen LogP) is 2.34. The molecule has 0 aromatic carbocycles. The van der Waals surface area contributed by atoms with Crippen LogP contribution in [0.3, 0.4) is 0 Å². The van der Waals surface area contributed by atoms with E-state index in [-0.39, 0.29) is 5.54 Å². The second kappa shape index (κ2) is 6.66. The molecule has 1 aromatic heterocycles. The average molecular weight is 279 g/mol. The standard InChI is InChI=1S/C15H29N5/c1-15(2,3)16-11-13-9-7-5-6-8-12(13)10-14-17-19-20(4)18-14/h12-13,16H,5-11H2,1-4H3. The molecule has 20 heavy (non-hydrogen) atoms. The van der Waals surface area contributed by atoms with Crippen LogP contribution in [0.5, 0.6) is 0 Å². The molecule has 5 nitrogen and oxygen atoms in total. The molecule has 1 aliphatic rings. The van der Waals surface area contributed by atoms with Crippen molar-refractivity contribution in [3.05, 3.63) is 5.82 Å². The molecule has 5 heteroatoms. The van der Waals surface area contributed by atoms with E-state index in [1.807, 2.05) is 7.05 Å². The minimum absolute atomic E-state index is 0.196. The van der Waals surface area contributed by atoms with Gasteiger partial charge in [0.05, 0.1) is 7.05 Å². The lowest BCUT2D eigenvalue weighted by Crippen LogP contribution is -2.41. The zero-order valence-corrected chi connectivity index (χ0v) is 13.4. The summed E-state index contributed by atoms with van der Waals surface area (Å²) in [6.07, 6.45) is 7.68. The quantitative estimate of drug-likeness (QED) is 0.860. The largest absolute Gasteiger partial charge is 0.312 e. The smallest absolute Gasteiger partial charge is 0.175 e. The summed E-state index contributed by atoms with van der Waals surface area (Å²) in [5.41, 5.74) is 0.196. The van der Waals surface area contributed by atoms with Gasteiger partial charge in [0.2, 0.25) is 0 Å². The molecule has 0 amide bonds. The Morgan fingerprint density at radius 3 is 2.45 bits per heavy atom. The number of rotatable bonds is 4. The van der Waals surface area contributed by atoms with Gasteiger partial charge in [-0.3, -0.25) is 0 Å². The minimum atomic E-state index is 0.196. The molecule has 2 unspecified atom stereocenters. The Hall–Kier alpha value is -0.970. The summed E-state index contributed by atoms with van der Waals surface area (Å²) >= 11 is 0. The van der Waals surface area contributed by atoms with Crippen molar-refractivity contribution in [3.63, 3.8) is 0 Å². The maximum Gasteiger partial charge on any atom is 0.175 e. The summed E-state index contributed by atoms with van der Waals surface area (Å²) in [6, 6.07) is 0. The van der Waals surface area contributed by atoms with E-state index >= 15 is 0 Å². The molecule has 1 heterocycles. The highest BCUT2D eigenvalue weighted by Crippen LogP contribution is 2.30. The Kier molecular flexibility index (Phi) is 5.13. The molecule has 0 radical (unpaired) electrons. The molecule has 2 rings (SSSR count). The van der Waals surface area contributed by atoms with E-state index in [4.69, 9.17) is 0 Å². The molecule has 0 bridgehead atoms. The predicted molar refractivity (Wildman–Crippen MR) is 80.3 cm³/mol. The fourth-order valence-electron chi connectivity index (χ4n) is 3.08. The van der Waals surface area contributed by atoms with Crippen LogP contribution in [0.4, 0.5) is 0 Å². The second-order valence-electron chi connectivity index (χ2n) is 7.19. The first-order chi connectivity index (χ1) is 9.44. The first kappa shape index (κ1) is 15.4. The Bertz CT molecular complexity index is 407. The molecule has 0 saturated heterocycles. The minimum Gasteiger partial charge on any atom is -0.312 e. The molecule has 1 saturated carbocycles. The number of hydrogen-bond acceptors (Lipinski definition) is 4. The molecule has 2 atom stereocenters. The van der Waals surface area contributed by atoms with Crippen LogP contribution in [-0.4, -0.2) is 32.3 Å². The Morgan fingerprint density at radius 2 is 1.85 bits per heavy atom. The molecular formula is C15H29N5. The van der Waals surface area contributed by atoms with Crippen molar-refractivity contribution in [2.45, 2.75) is 64.8 Å². The average Bonchev–Trinajstić information content (AvgIpc) is 2.63. The van der Waals surface area contributed by atoms with Gasteiger partial charge in [-0.25, -0.2) is 0 Å². The van der Waals surface area contributed by atoms with Gasteiger partial charge in [-0.15, -0.1) is 10.2 Å². The summed E-state index contributed by atoms with van der Waals surface area (Å²) < 4.78 is 0. The second-order valence-corrected chi connectivity index (χ2v) is 7.19. The zero-order chi connectivity index (χ0) is 14.6. The van der Waals surface area contributed by atoms with E-state index in [1.54, 1.807) is 4.80 Å². The molecule has 1 aromatic rings. The lowest BCUT2D eigenvalue weighted by molar-refractivity contribution is 0.267. The van der Waals surface area contributed by atoms with Crippen LogP contribution in [0, 0.1) is 11.8 Å². The van der Waals surface area contributed by atoms with Gasteiger partial charge in [-0.05, 0) is 57.2 Å².